The molecule has 2 heteroatoms. The van der Waals surface area contributed by atoms with Crippen molar-refractivity contribution in [3.05, 3.63) is 21.9 Å². The Hall–Kier alpha value is -0.340. The molecule has 1 unspecified atom stereocenters. The van der Waals surface area contributed by atoms with Gasteiger partial charge in [0.25, 0.3) is 0 Å². The van der Waals surface area contributed by atoms with E-state index in [1.54, 1.807) is 0 Å². The third kappa shape index (κ3) is 4.35. The van der Waals surface area contributed by atoms with E-state index in [1.165, 1.54) is 35.4 Å². The standard InChI is InChI=1S/C13H23NS/c1-4-6-7-8-12(14-5-2)13-10-9-11(3)15-13/h9-10,12,14H,4-8H2,1-3H3. The van der Waals surface area contributed by atoms with Crippen molar-refractivity contribution >= 4 is 11.3 Å². The highest BCUT2D eigenvalue weighted by atomic mass is 32.1. The van der Waals surface area contributed by atoms with Crippen LogP contribution in [0.5, 0.6) is 0 Å². The first-order valence-corrected chi connectivity index (χ1v) is 6.89. The number of aryl methyl sites for hydroxylation is 1. The fourth-order valence-corrected chi connectivity index (χ4v) is 2.82. The van der Waals surface area contributed by atoms with Gasteiger partial charge in [-0.2, -0.15) is 0 Å². The Balaban J connectivity index is 2.49. The minimum atomic E-state index is 0.584. The van der Waals surface area contributed by atoms with E-state index in [-0.39, 0.29) is 0 Å². The van der Waals surface area contributed by atoms with Crippen molar-refractivity contribution in [1.29, 1.82) is 0 Å². The first-order valence-electron chi connectivity index (χ1n) is 6.07. The van der Waals surface area contributed by atoms with Crippen molar-refractivity contribution in [2.24, 2.45) is 0 Å². The van der Waals surface area contributed by atoms with Gasteiger partial charge in [0.2, 0.25) is 0 Å². The topological polar surface area (TPSA) is 12.0 Å². The van der Waals surface area contributed by atoms with Gasteiger partial charge in [-0.25, -0.2) is 0 Å². The van der Waals surface area contributed by atoms with Crippen LogP contribution in [0.25, 0.3) is 0 Å². The fraction of sp³-hybridized carbons (Fsp3) is 0.692. The number of nitrogens with one attached hydrogen (secondary N) is 1. The Morgan fingerprint density at radius 1 is 1.27 bits per heavy atom. The number of rotatable bonds is 7. The molecule has 1 aromatic rings. The van der Waals surface area contributed by atoms with E-state index in [0.717, 1.165) is 6.54 Å². The first-order chi connectivity index (χ1) is 7.27. The Bertz CT molecular complexity index is 267. The molecule has 0 aromatic carbocycles. The normalized spacial score (nSPS) is 13.0. The van der Waals surface area contributed by atoms with Gasteiger partial charge in [0.15, 0.2) is 0 Å². The molecule has 1 rings (SSSR count). The second-order valence-corrected chi connectivity index (χ2v) is 5.37. The zero-order valence-electron chi connectivity index (χ0n) is 10.2. The smallest absolute Gasteiger partial charge is 0.0414 e. The monoisotopic (exact) mass is 225 g/mol. The zero-order chi connectivity index (χ0) is 11.1. The predicted molar refractivity (Wildman–Crippen MR) is 69.6 cm³/mol. The van der Waals surface area contributed by atoms with Crippen LogP contribution >= 0.6 is 11.3 Å². The molecule has 1 heterocycles. The van der Waals surface area contributed by atoms with Gasteiger partial charge in [-0.05, 0) is 32.0 Å². The largest absolute Gasteiger partial charge is 0.310 e. The quantitative estimate of drug-likeness (QED) is 0.683. The lowest BCUT2D eigenvalue weighted by Gasteiger charge is -2.15. The molecule has 0 saturated heterocycles. The lowest BCUT2D eigenvalue weighted by Crippen LogP contribution is -2.19. The summed E-state index contributed by atoms with van der Waals surface area (Å²) in [4.78, 5) is 2.92. The lowest BCUT2D eigenvalue weighted by atomic mass is 10.1. The van der Waals surface area contributed by atoms with Gasteiger partial charge in [-0.1, -0.05) is 33.1 Å². The summed E-state index contributed by atoms with van der Waals surface area (Å²) in [6.45, 7) is 7.70. The van der Waals surface area contributed by atoms with Gasteiger partial charge < -0.3 is 5.32 Å². The van der Waals surface area contributed by atoms with Gasteiger partial charge >= 0.3 is 0 Å². The second-order valence-electron chi connectivity index (χ2n) is 4.05. The maximum absolute atomic E-state index is 3.58. The molecule has 0 fully saturated rings. The highest BCUT2D eigenvalue weighted by Crippen LogP contribution is 2.26. The van der Waals surface area contributed by atoms with Crippen LogP contribution in [0.3, 0.4) is 0 Å². The molecule has 0 bridgehead atoms. The summed E-state index contributed by atoms with van der Waals surface area (Å²) in [7, 11) is 0. The molecule has 0 spiro atoms. The van der Waals surface area contributed by atoms with Crippen LogP contribution in [0.4, 0.5) is 0 Å². The molecule has 0 aliphatic heterocycles. The van der Waals surface area contributed by atoms with E-state index in [4.69, 9.17) is 0 Å². The molecular formula is C13H23NS. The van der Waals surface area contributed by atoms with Crippen LogP contribution in [0.15, 0.2) is 12.1 Å². The SMILES string of the molecule is CCCCCC(NCC)c1ccc(C)s1. The fourth-order valence-electron chi connectivity index (χ4n) is 1.83. The van der Waals surface area contributed by atoms with Crippen molar-refractivity contribution in [3.8, 4) is 0 Å². The number of thiophene rings is 1. The molecule has 1 N–H and O–H groups in total. The second kappa shape index (κ2) is 7.02. The van der Waals surface area contributed by atoms with Gasteiger partial charge in [0.05, 0.1) is 0 Å². The van der Waals surface area contributed by atoms with E-state index in [9.17, 15) is 0 Å². The molecule has 0 saturated carbocycles. The van der Waals surface area contributed by atoms with Gasteiger partial charge in [-0.15, -0.1) is 11.3 Å². The molecular weight excluding hydrogens is 202 g/mol. The van der Waals surface area contributed by atoms with Gasteiger partial charge in [-0.3, -0.25) is 0 Å². The minimum Gasteiger partial charge on any atom is -0.310 e. The molecule has 1 nitrogen and oxygen atoms in total. The maximum Gasteiger partial charge on any atom is 0.0414 e. The van der Waals surface area contributed by atoms with Crippen molar-refractivity contribution in [1.82, 2.24) is 5.32 Å². The Kier molecular flexibility index (Phi) is 5.96. The van der Waals surface area contributed by atoms with Crippen LogP contribution in [-0.2, 0) is 0 Å². The summed E-state index contributed by atoms with van der Waals surface area (Å²) in [5.41, 5.74) is 0. The van der Waals surface area contributed by atoms with Crippen LogP contribution in [-0.4, -0.2) is 6.54 Å². The van der Waals surface area contributed by atoms with Crippen molar-refractivity contribution < 1.29 is 0 Å². The summed E-state index contributed by atoms with van der Waals surface area (Å²) in [5, 5.41) is 3.58. The van der Waals surface area contributed by atoms with E-state index in [2.05, 4.69) is 38.2 Å². The third-order valence-corrected chi connectivity index (χ3v) is 3.77. The van der Waals surface area contributed by atoms with Crippen LogP contribution in [0.2, 0.25) is 0 Å². The zero-order valence-corrected chi connectivity index (χ0v) is 11.0. The highest BCUT2D eigenvalue weighted by Gasteiger charge is 2.11. The molecule has 86 valence electrons. The number of unbranched alkanes of at least 4 members (excludes halogenated alkanes) is 2. The summed E-state index contributed by atoms with van der Waals surface area (Å²) >= 11 is 1.93. The summed E-state index contributed by atoms with van der Waals surface area (Å²) in [6, 6.07) is 5.09. The van der Waals surface area contributed by atoms with Crippen LogP contribution in [0, 0.1) is 6.92 Å². The summed E-state index contributed by atoms with van der Waals surface area (Å²) in [5.74, 6) is 0. The van der Waals surface area contributed by atoms with E-state index in [0.29, 0.717) is 6.04 Å². The average Bonchev–Trinajstić information content (AvgIpc) is 2.64. The predicted octanol–water partition coefficient (Wildman–Crippen LogP) is 4.29. The molecule has 0 aliphatic rings. The minimum absolute atomic E-state index is 0.584. The van der Waals surface area contributed by atoms with E-state index in [1.807, 2.05) is 11.3 Å². The Labute approximate surface area is 97.9 Å². The van der Waals surface area contributed by atoms with Crippen LogP contribution in [0.1, 0.15) is 55.3 Å². The Morgan fingerprint density at radius 3 is 2.60 bits per heavy atom. The summed E-state index contributed by atoms with van der Waals surface area (Å²) in [6.07, 6.45) is 5.28. The van der Waals surface area contributed by atoms with Gasteiger partial charge in [0, 0.05) is 15.8 Å². The van der Waals surface area contributed by atoms with Crippen LogP contribution < -0.4 is 5.32 Å². The molecule has 0 amide bonds. The van der Waals surface area contributed by atoms with Crippen molar-refractivity contribution in [3.63, 3.8) is 0 Å². The molecule has 1 aromatic heterocycles. The summed E-state index contributed by atoms with van der Waals surface area (Å²) < 4.78 is 0. The maximum atomic E-state index is 3.58. The highest BCUT2D eigenvalue weighted by molar-refractivity contribution is 7.12. The number of hydrogen-bond donors (Lipinski definition) is 1. The van der Waals surface area contributed by atoms with E-state index >= 15 is 0 Å². The van der Waals surface area contributed by atoms with Gasteiger partial charge in [0.1, 0.15) is 0 Å². The lowest BCUT2D eigenvalue weighted by molar-refractivity contribution is 0.493. The molecule has 0 aliphatic carbocycles. The Morgan fingerprint density at radius 2 is 2.07 bits per heavy atom. The van der Waals surface area contributed by atoms with E-state index < -0.39 is 0 Å². The first kappa shape index (κ1) is 12.7. The van der Waals surface area contributed by atoms with Crippen molar-refractivity contribution in [2.45, 2.75) is 52.5 Å². The molecule has 15 heavy (non-hydrogen) atoms. The molecule has 1 atom stereocenters. The van der Waals surface area contributed by atoms with Crippen molar-refractivity contribution in [2.75, 3.05) is 6.54 Å². The average molecular weight is 225 g/mol. The molecule has 0 radical (unpaired) electrons. The number of hydrogen-bond acceptors (Lipinski definition) is 2. The third-order valence-electron chi connectivity index (χ3n) is 2.65.